The Morgan fingerprint density at radius 3 is 0.861 bits per heavy atom. The standard InChI is InChI=1S/C66H110O6/c1-4-7-10-13-16-18-20-22-24-26-28-29-30-31-32-33-34-35-36-37-38-40-41-43-45-47-50-53-56-59-65(68)71-62-63(61-70-64(67)58-55-52-49-15-12-9-6-3)72-66(69)60-57-54-51-48-46-44-42-39-27-25-23-21-19-17-14-11-8-5-2/h7,10,16,18,22,24-25,27-29,31-32,34-35,37-38,41,43,63H,4-6,8-9,11-15,17,19-21,23,26,30,33,36,39-40,42,44-62H2,1-3H3/b10-7-,18-16-,24-22-,27-25-,29-28-,32-31-,35-34-,38-37-,43-41-. The van der Waals surface area contributed by atoms with Crippen molar-refractivity contribution in [2.24, 2.45) is 0 Å². The zero-order valence-electron chi connectivity index (χ0n) is 46.9. The number of carbonyl (C=O) groups excluding carboxylic acids is 3. The molecule has 1 unspecified atom stereocenters. The summed E-state index contributed by atoms with van der Waals surface area (Å²) in [5.74, 6) is -0.923. The minimum atomic E-state index is -0.789. The Morgan fingerprint density at radius 2 is 0.542 bits per heavy atom. The number of esters is 3. The second-order valence-corrected chi connectivity index (χ2v) is 19.5. The molecule has 0 aromatic rings. The number of unbranched alkanes of at least 4 members (excludes halogenated alkanes) is 24. The zero-order chi connectivity index (χ0) is 52.2. The van der Waals surface area contributed by atoms with Crippen LogP contribution in [0.5, 0.6) is 0 Å². The van der Waals surface area contributed by atoms with Crippen molar-refractivity contribution in [1.82, 2.24) is 0 Å². The Bertz CT molecular complexity index is 1470. The van der Waals surface area contributed by atoms with Crippen molar-refractivity contribution < 1.29 is 28.6 Å². The molecule has 0 aliphatic rings. The molecule has 0 saturated carbocycles. The molecule has 0 aromatic carbocycles. The fourth-order valence-corrected chi connectivity index (χ4v) is 8.04. The molecule has 0 saturated heterocycles. The van der Waals surface area contributed by atoms with Crippen molar-refractivity contribution in [3.8, 4) is 0 Å². The summed E-state index contributed by atoms with van der Waals surface area (Å²) in [4.78, 5) is 38.0. The summed E-state index contributed by atoms with van der Waals surface area (Å²) in [6.07, 6.45) is 81.0. The van der Waals surface area contributed by atoms with Gasteiger partial charge < -0.3 is 14.2 Å². The Hall–Kier alpha value is -3.93. The van der Waals surface area contributed by atoms with Crippen molar-refractivity contribution in [2.45, 2.75) is 277 Å². The molecule has 6 heteroatoms. The van der Waals surface area contributed by atoms with Crippen LogP contribution in [0.15, 0.2) is 109 Å². The van der Waals surface area contributed by atoms with Crippen LogP contribution in [0.3, 0.4) is 0 Å². The average Bonchev–Trinajstić information content (AvgIpc) is 3.38. The summed E-state index contributed by atoms with van der Waals surface area (Å²) < 4.78 is 16.8. The first-order valence-corrected chi connectivity index (χ1v) is 29.9. The van der Waals surface area contributed by atoms with E-state index in [0.717, 1.165) is 122 Å². The minimum Gasteiger partial charge on any atom is -0.462 e. The van der Waals surface area contributed by atoms with E-state index in [0.29, 0.717) is 19.3 Å². The van der Waals surface area contributed by atoms with E-state index in [1.165, 1.54) is 109 Å². The lowest BCUT2D eigenvalue weighted by Gasteiger charge is -2.18. The van der Waals surface area contributed by atoms with E-state index in [2.05, 4.69) is 130 Å². The lowest BCUT2D eigenvalue weighted by Crippen LogP contribution is -2.30. The highest BCUT2D eigenvalue weighted by atomic mass is 16.6. The molecule has 0 fully saturated rings. The first kappa shape index (κ1) is 68.1. The quantitative estimate of drug-likeness (QED) is 0.0261. The summed E-state index contributed by atoms with van der Waals surface area (Å²) in [6, 6.07) is 0. The van der Waals surface area contributed by atoms with Crippen molar-refractivity contribution in [2.75, 3.05) is 13.2 Å². The first-order valence-electron chi connectivity index (χ1n) is 29.9. The van der Waals surface area contributed by atoms with Crippen LogP contribution >= 0.6 is 0 Å². The van der Waals surface area contributed by atoms with Gasteiger partial charge in [0.1, 0.15) is 13.2 Å². The molecule has 0 aromatic heterocycles. The molecule has 6 nitrogen and oxygen atoms in total. The summed E-state index contributed by atoms with van der Waals surface area (Å²) in [6.45, 7) is 6.46. The van der Waals surface area contributed by atoms with Crippen LogP contribution in [0.4, 0.5) is 0 Å². The second kappa shape index (κ2) is 59.6. The third-order valence-corrected chi connectivity index (χ3v) is 12.5. The van der Waals surface area contributed by atoms with Crippen LogP contribution in [-0.2, 0) is 28.6 Å². The van der Waals surface area contributed by atoms with Crippen molar-refractivity contribution >= 4 is 17.9 Å². The van der Waals surface area contributed by atoms with Crippen LogP contribution in [-0.4, -0.2) is 37.2 Å². The number of rotatable bonds is 53. The van der Waals surface area contributed by atoms with Gasteiger partial charge in [-0.1, -0.05) is 252 Å². The highest BCUT2D eigenvalue weighted by Crippen LogP contribution is 2.14. The van der Waals surface area contributed by atoms with Gasteiger partial charge in [0.05, 0.1) is 0 Å². The van der Waals surface area contributed by atoms with Crippen LogP contribution in [0.2, 0.25) is 0 Å². The average molecular weight is 1000 g/mol. The van der Waals surface area contributed by atoms with E-state index in [-0.39, 0.29) is 31.1 Å². The minimum absolute atomic E-state index is 0.0878. The summed E-state index contributed by atoms with van der Waals surface area (Å²) in [7, 11) is 0. The SMILES string of the molecule is CC/C=C\C/C=C\C/C=C\C/C=C\C/C=C\C/C=C\C/C=C\C/C=C\CCCCCCC(=O)OCC(COC(=O)CCCCCCCCC)OC(=O)CCCCCCCCC/C=C\CCCCCCCCC. The summed E-state index contributed by atoms with van der Waals surface area (Å²) in [5.41, 5.74) is 0. The van der Waals surface area contributed by atoms with Crippen LogP contribution < -0.4 is 0 Å². The monoisotopic (exact) mass is 999 g/mol. The first-order chi connectivity index (χ1) is 35.5. The predicted molar refractivity (Wildman–Crippen MR) is 311 cm³/mol. The molecule has 1 atom stereocenters. The molecule has 0 aliphatic heterocycles. The Kier molecular flexibility index (Phi) is 56.4. The van der Waals surface area contributed by atoms with E-state index in [4.69, 9.17) is 14.2 Å². The van der Waals surface area contributed by atoms with E-state index in [9.17, 15) is 14.4 Å². The largest absolute Gasteiger partial charge is 0.462 e. The maximum atomic E-state index is 12.8. The molecule has 0 aliphatic carbocycles. The van der Waals surface area contributed by atoms with Crippen molar-refractivity contribution in [1.29, 1.82) is 0 Å². The third-order valence-electron chi connectivity index (χ3n) is 12.5. The summed E-state index contributed by atoms with van der Waals surface area (Å²) in [5, 5.41) is 0. The van der Waals surface area contributed by atoms with Crippen LogP contribution in [0.25, 0.3) is 0 Å². The van der Waals surface area contributed by atoms with Crippen LogP contribution in [0.1, 0.15) is 271 Å². The van der Waals surface area contributed by atoms with E-state index in [1.54, 1.807) is 0 Å². The zero-order valence-corrected chi connectivity index (χ0v) is 46.9. The molecule has 0 rings (SSSR count). The molecule has 0 N–H and O–H groups in total. The predicted octanol–water partition coefficient (Wildman–Crippen LogP) is 20.3. The summed E-state index contributed by atoms with van der Waals surface area (Å²) >= 11 is 0. The fourth-order valence-electron chi connectivity index (χ4n) is 8.04. The Balaban J connectivity index is 4.25. The lowest BCUT2D eigenvalue weighted by molar-refractivity contribution is -0.167. The van der Waals surface area contributed by atoms with E-state index in [1.807, 2.05) is 0 Å². The highest BCUT2D eigenvalue weighted by molar-refractivity contribution is 5.71. The van der Waals surface area contributed by atoms with Gasteiger partial charge in [-0.15, -0.1) is 0 Å². The smallest absolute Gasteiger partial charge is 0.306 e. The van der Waals surface area contributed by atoms with Crippen LogP contribution in [0, 0.1) is 0 Å². The number of ether oxygens (including phenoxy) is 3. The number of allylic oxidation sites excluding steroid dienone is 18. The molecule has 410 valence electrons. The molecule has 0 spiro atoms. The topological polar surface area (TPSA) is 78.9 Å². The maximum absolute atomic E-state index is 12.8. The van der Waals surface area contributed by atoms with Gasteiger partial charge in [0.15, 0.2) is 6.10 Å². The van der Waals surface area contributed by atoms with Gasteiger partial charge in [-0.05, 0) is 109 Å². The second-order valence-electron chi connectivity index (χ2n) is 19.5. The third kappa shape index (κ3) is 57.0. The number of hydrogen-bond donors (Lipinski definition) is 0. The number of carbonyl (C=O) groups is 3. The number of hydrogen-bond acceptors (Lipinski definition) is 6. The van der Waals surface area contributed by atoms with Gasteiger partial charge in [0.25, 0.3) is 0 Å². The maximum Gasteiger partial charge on any atom is 0.306 e. The van der Waals surface area contributed by atoms with Gasteiger partial charge in [-0.3, -0.25) is 14.4 Å². The van der Waals surface area contributed by atoms with Crippen molar-refractivity contribution in [3.63, 3.8) is 0 Å². The molecule has 72 heavy (non-hydrogen) atoms. The van der Waals surface area contributed by atoms with Gasteiger partial charge in [-0.2, -0.15) is 0 Å². The van der Waals surface area contributed by atoms with Crippen molar-refractivity contribution in [3.05, 3.63) is 109 Å². The molecule has 0 radical (unpaired) electrons. The van der Waals surface area contributed by atoms with Gasteiger partial charge in [0.2, 0.25) is 0 Å². The highest BCUT2D eigenvalue weighted by Gasteiger charge is 2.19. The van der Waals surface area contributed by atoms with Gasteiger partial charge in [0, 0.05) is 19.3 Å². The van der Waals surface area contributed by atoms with E-state index >= 15 is 0 Å². The Morgan fingerprint density at radius 1 is 0.292 bits per heavy atom. The fraction of sp³-hybridized carbons (Fsp3) is 0.682. The molecular formula is C66H110O6. The van der Waals surface area contributed by atoms with Gasteiger partial charge >= 0.3 is 17.9 Å². The molecular weight excluding hydrogens is 889 g/mol. The lowest BCUT2D eigenvalue weighted by atomic mass is 10.1. The molecule has 0 bridgehead atoms. The Labute approximate surface area is 444 Å². The molecule has 0 amide bonds. The normalized spacial score (nSPS) is 12.9. The molecule has 0 heterocycles. The van der Waals surface area contributed by atoms with E-state index < -0.39 is 6.10 Å². The van der Waals surface area contributed by atoms with Gasteiger partial charge in [-0.25, -0.2) is 0 Å².